The maximum atomic E-state index is 11.9. The molecular weight excluding hydrogens is 288 g/mol. The van der Waals surface area contributed by atoms with Crippen LogP contribution >= 0.6 is 11.6 Å². The lowest BCUT2D eigenvalue weighted by atomic mass is 10.2. The number of likely N-dealkylation sites (N-methyl/N-ethyl adjacent to an activating group) is 1. The van der Waals surface area contributed by atoms with Crippen LogP contribution in [0.1, 0.15) is 38.6 Å². The van der Waals surface area contributed by atoms with Gasteiger partial charge in [0.25, 0.3) is 0 Å². The maximum absolute atomic E-state index is 11.9. The number of halogens is 1. The van der Waals surface area contributed by atoms with Crippen LogP contribution in [-0.2, 0) is 11.2 Å². The van der Waals surface area contributed by atoms with Crippen LogP contribution in [0.3, 0.4) is 0 Å². The maximum Gasteiger partial charge on any atom is 0.239 e. The van der Waals surface area contributed by atoms with Crippen LogP contribution in [0, 0.1) is 12.8 Å². The van der Waals surface area contributed by atoms with E-state index < -0.39 is 0 Å². The quantitative estimate of drug-likeness (QED) is 0.786. The van der Waals surface area contributed by atoms with Crippen LogP contribution in [0.15, 0.2) is 0 Å². The first-order valence-corrected chi connectivity index (χ1v) is 7.73. The second-order valence-electron chi connectivity index (χ2n) is 5.68. The Labute approximate surface area is 132 Å². The molecule has 0 bridgehead atoms. The van der Waals surface area contributed by atoms with Gasteiger partial charge < -0.3 is 10.2 Å². The van der Waals surface area contributed by atoms with Gasteiger partial charge in [-0.05, 0) is 19.3 Å². The molecule has 0 aliphatic heterocycles. The van der Waals surface area contributed by atoms with Crippen molar-refractivity contribution in [1.82, 2.24) is 15.3 Å². The van der Waals surface area contributed by atoms with E-state index in [4.69, 9.17) is 11.6 Å². The predicted molar refractivity (Wildman–Crippen MR) is 86.9 cm³/mol. The van der Waals surface area contributed by atoms with Crippen LogP contribution in [0.2, 0.25) is 5.15 Å². The molecule has 6 heteroatoms. The SMILES string of the molecule is CCCc1nc(Cl)c(C)c(N(C)CC(=O)NCC(C)C)n1. The molecule has 1 N–H and O–H groups in total. The van der Waals surface area contributed by atoms with Crippen LogP contribution in [0.5, 0.6) is 0 Å². The first-order valence-electron chi connectivity index (χ1n) is 7.36. The number of carbonyl (C=O) groups excluding carboxylic acids is 1. The van der Waals surface area contributed by atoms with Crippen molar-refractivity contribution in [1.29, 1.82) is 0 Å². The van der Waals surface area contributed by atoms with E-state index >= 15 is 0 Å². The van der Waals surface area contributed by atoms with Crippen molar-refractivity contribution in [3.63, 3.8) is 0 Å². The van der Waals surface area contributed by atoms with Gasteiger partial charge in [-0.2, -0.15) is 0 Å². The Morgan fingerprint density at radius 1 is 1.38 bits per heavy atom. The lowest BCUT2D eigenvalue weighted by Crippen LogP contribution is -2.37. The average molecular weight is 313 g/mol. The van der Waals surface area contributed by atoms with E-state index in [0.29, 0.717) is 17.6 Å². The Morgan fingerprint density at radius 2 is 2.05 bits per heavy atom. The van der Waals surface area contributed by atoms with Gasteiger partial charge in [0.15, 0.2) is 0 Å². The highest BCUT2D eigenvalue weighted by molar-refractivity contribution is 6.30. The lowest BCUT2D eigenvalue weighted by Gasteiger charge is -2.21. The van der Waals surface area contributed by atoms with Crippen molar-refractivity contribution in [2.75, 3.05) is 25.0 Å². The molecule has 1 amide bonds. The number of nitrogens with zero attached hydrogens (tertiary/aromatic N) is 3. The fraction of sp³-hybridized carbons (Fsp3) is 0.667. The molecule has 0 atom stereocenters. The van der Waals surface area contributed by atoms with Gasteiger partial charge in [-0.1, -0.05) is 32.4 Å². The summed E-state index contributed by atoms with van der Waals surface area (Å²) in [6, 6.07) is 0. The minimum Gasteiger partial charge on any atom is -0.354 e. The Hall–Kier alpha value is -1.36. The van der Waals surface area contributed by atoms with E-state index in [2.05, 4.69) is 36.1 Å². The topological polar surface area (TPSA) is 58.1 Å². The van der Waals surface area contributed by atoms with Gasteiger partial charge in [-0.25, -0.2) is 9.97 Å². The largest absolute Gasteiger partial charge is 0.354 e. The molecule has 0 aliphatic carbocycles. The Morgan fingerprint density at radius 3 is 2.62 bits per heavy atom. The van der Waals surface area contributed by atoms with Gasteiger partial charge in [-0.15, -0.1) is 0 Å². The number of aromatic nitrogens is 2. The number of anilines is 1. The number of hydrogen-bond donors (Lipinski definition) is 1. The van der Waals surface area contributed by atoms with E-state index in [9.17, 15) is 4.79 Å². The van der Waals surface area contributed by atoms with Gasteiger partial charge in [0.05, 0.1) is 6.54 Å². The highest BCUT2D eigenvalue weighted by Gasteiger charge is 2.15. The standard InChI is InChI=1S/C15H25ClN4O/c1-6-7-12-18-14(16)11(4)15(19-12)20(5)9-13(21)17-8-10(2)3/h10H,6-9H2,1-5H3,(H,17,21). The molecule has 1 aromatic heterocycles. The molecule has 0 aliphatic rings. The molecule has 5 nitrogen and oxygen atoms in total. The van der Waals surface area contributed by atoms with Crippen molar-refractivity contribution in [2.45, 2.75) is 40.5 Å². The molecule has 0 spiro atoms. The van der Waals surface area contributed by atoms with Gasteiger partial charge in [0.1, 0.15) is 16.8 Å². The third-order valence-corrected chi connectivity index (χ3v) is 3.40. The number of amides is 1. The molecule has 0 aromatic carbocycles. The van der Waals surface area contributed by atoms with E-state index in [1.165, 1.54) is 0 Å². The molecule has 1 rings (SSSR count). The highest BCUT2D eigenvalue weighted by atomic mass is 35.5. The Bertz CT molecular complexity index is 491. The van der Waals surface area contributed by atoms with E-state index in [1.54, 1.807) is 0 Å². The second-order valence-corrected chi connectivity index (χ2v) is 6.04. The Balaban J connectivity index is 2.81. The number of aryl methyl sites for hydroxylation is 1. The van der Waals surface area contributed by atoms with Crippen molar-refractivity contribution >= 4 is 23.3 Å². The summed E-state index contributed by atoms with van der Waals surface area (Å²) in [5, 5.41) is 3.36. The van der Waals surface area contributed by atoms with Crippen molar-refractivity contribution in [2.24, 2.45) is 5.92 Å². The zero-order valence-electron chi connectivity index (χ0n) is 13.5. The fourth-order valence-corrected chi connectivity index (χ4v) is 2.07. The summed E-state index contributed by atoms with van der Waals surface area (Å²) in [6.07, 6.45) is 1.73. The van der Waals surface area contributed by atoms with Crippen LogP contribution in [-0.4, -0.2) is 36.0 Å². The van der Waals surface area contributed by atoms with E-state index in [0.717, 1.165) is 30.0 Å². The van der Waals surface area contributed by atoms with E-state index in [1.807, 2.05) is 18.9 Å². The predicted octanol–water partition coefficient (Wildman–Crippen LogP) is 2.60. The average Bonchev–Trinajstić information content (AvgIpc) is 2.40. The molecular formula is C15H25ClN4O. The first-order chi connectivity index (χ1) is 9.85. The first kappa shape index (κ1) is 17.7. The molecule has 21 heavy (non-hydrogen) atoms. The van der Waals surface area contributed by atoms with Crippen molar-refractivity contribution < 1.29 is 4.79 Å². The van der Waals surface area contributed by atoms with Gasteiger partial charge >= 0.3 is 0 Å². The van der Waals surface area contributed by atoms with Gasteiger partial charge in [0, 0.05) is 25.6 Å². The minimum absolute atomic E-state index is 0.0163. The fourth-order valence-electron chi connectivity index (χ4n) is 1.89. The van der Waals surface area contributed by atoms with E-state index in [-0.39, 0.29) is 12.5 Å². The number of nitrogens with one attached hydrogen (secondary N) is 1. The monoisotopic (exact) mass is 312 g/mol. The summed E-state index contributed by atoms with van der Waals surface area (Å²) in [7, 11) is 1.84. The summed E-state index contributed by atoms with van der Waals surface area (Å²) < 4.78 is 0. The summed E-state index contributed by atoms with van der Waals surface area (Å²) in [5.74, 6) is 1.86. The number of carbonyl (C=O) groups is 1. The Kier molecular flexibility index (Phi) is 6.89. The molecule has 1 heterocycles. The zero-order valence-corrected chi connectivity index (χ0v) is 14.3. The zero-order chi connectivity index (χ0) is 16.0. The van der Waals surface area contributed by atoms with Gasteiger partial charge in [0.2, 0.25) is 5.91 Å². The summed E-state index contributed by atoms with van der Waals surface area (Å²) in [5.41, 5.74) is 0.802. The van der Waals surface area contributed by atoms with Crippen LogP contribution < -0.4 is 10.2 Å². The third-order valence-electron chi connectivity index (χ3n) is 3.03. The second kappa shape index (κ2) is 8.17. The summed E-state index contributed by atoms with van der Waals surface area (Å²) in [6.45, 7) is 9.00. The highest BCUT2D eigenvalue weighted by Crippen LogP contribution is 2.22. The number of hydrogen-bond acceptors (Lipinski definition) is 4. The minimum atomic E-state index is -0.0163. The summed E-state index contributed by atoms with van der Waals surface area (Å²) in [4.78, 5) is 22.5. The van der Waals surface area contributed by atoms with Gasteiger partial charge in [-0.3, -0.25) is 4.79 Å². The molecule has 0 fully saturated rings. The molecule has 1 aromatic rings. The summed E-state index contributed by atoms with van der Waals surface area (Å²) >= 11 is 6.16. The molecule has 0 unspecified atom stereocenters. The number of rotatable bonds is 7. The van der Waals surface area contributed by atoms with Crippen molar-refractivity contribution in [3.8, 4) is 0 Å². The smallest absolute Gasteiger partial charge is 0.239 e. The lowest BCUT2D eigenvalue weighted by molar-refractivity contribution is -0.119. The third kappa shape index (κ3) is 5.50. The van der Waals surface area contributed by atoms with Crippen LogP contribution in [0.25, 0.3) is 0 Å². The molecule has 0 saturated carbocycles. The molecule has 118 valence electrons. The molecule has 0 radical (unpaired) electrons. The van der Waals surface area contributed by atoms with Crippen LogP contribution in [0.4, 0.5) is 5.82 Å². The normalized spacial score (nSPS) is 10.8. The van der Waals surface area contributed by atoms with Crippen molar-refractivity contribution in [3.05, 3.63) is 16.5 Å². The molecule has 0 saturated heterocycles.